The summed E-state index contributed by atoms with van der Waals surface area (Å²) in [7, 11) is 0. The molecule has 0 bridgehead atoms. The van der Waals surface area contributed by atoms with E-state index >= 15 is 0 Å². The van der Waals surface area contributed by atoms with E-state index < -0.39 is 0 Å². The Labute approximate surface area is 50.9 Å². The van der Waals surface area contributed by atoms with Gasteiger partial charge in [-0.05, 0) is 0 Å². The molecular weight excluding hydrogens is 76.3 g/mol. The summed E-state index contributed by atoms with van der Waals surface area (Å²) >= 11 is 0. The molecule has 1 nitrogen and oxygen atoms in total. The van der Waals surface area contributed by atoms with Crippen molar-refractivity contribution in [3.05, 3.63) is 0 Å². The maximum atomic E-state index is 9.17. The summed E-state index contributed by atoms with van der Waals surface area (Å²) in [5, 5.41) is 0. The van der Waals surface area contributed by atoms with Gasteiger partial charge in [-0.15, -0.1) is 0 Å². The van der Waals surface area contributed by atoms with Crippen molar-refractivity contribution in [2.45, 2.75) is 13.3 Å². The first-order chi connectivity index (χ1) is 1.91. The summed E-state index contributed by atoms with van der Waals surface area (Å²) in [5.74, 6) is 0. The molecule has 0 unspecified atom stereocenters. The van der Waals surface area contributed by atoms with Gasteiger partial charge in [0, 0.05) is 6.42 Å². The van der Waals surface area contributed by atoms with Gasteiger partial charge in [0.15, 0.2) is 0 Å². The summed E-state index contributed by atoms with van der Waals surface area (Å²) < 4.78 is 0. The summed E-state index contributed by atoms with van der Waals surface area (Å²) in [6, 6.07) is 0. The Balaban J connectivity index is -0.0000000150. The van der Waals surface area contributed by atoms with Crippen molar-refractivity contribution in [2.24, 2.45) is 0 Å². The number of rotatable bonds is 1. The summed E-state index contributed by atoms with van der Waals surface area (Å²) in [4.78, 5) is 9.17. The third kappa shape index (κ3) is 12.8. The van der Waals surface area contributed by atoms with Crippen molar-refractivity contribution in [1.29, 1.82) is 0 Å². The van der Waals surface area contributed by atoms with Gasteiger partial charge in [0.2, 0.25) is 0 Å². The van der Waals surface area contributed by atoms with Crippen molar-refractivity contribution in [3.63, 3.8) is 0 Å². The van der Waals surface area contributed by atoms with Crippen LogP contribution >= 0.6 is 0 Å². The quantitative estimate of drug-likeness (QED) is 0.333. The van der Waals surface area contributed by atoms with E-state index in [4.69, 9.17) is 0 Å². The Morgan fingerprint density at radius 1 is 2.00 bits per heavy atom. The van der Waals surface area contributed by atoms with Crippen LogP contribution in [0.4, 0.5) is 0 Å². The Hall–Kier alpha value is 0.436. The molecule has 0 aliphatic carbocycles. The average molecular weight is 84.4 g/mol. The smallest absolute Gasteiger partial charge is 1.00 e. The molecule has 0 atom stereocenters. The largest absolute Gasteiger partial charge is 2.00 e. The second-order valence-electron chi connectivity index (χ2n) is 0.575. The number of hydrogen-bond acceptors (Lipinski definition) is 1. The minimum absolute atomic E-state index is 0. The fourth-order valence-corrected chi connectivity index (χ4v) is 0. The van der Waals surface area contributed by atoms with E-state index in [1.165, 1.54) is 0 Å². The maximum absolute atomic E-state index is 9.17. The summed E-state index contributed by atoms with van der Waals surface area (Å²) in [6.07, 6.45) is 1.51. The zero-order valence-corrected chi connectivity index (χ0v) is 4.81. The van der Waals surface area contributed by atoms with Gasteiger partial charge < -0.3 is 7.65 Å². The Bertz CT molecular complexity index is 26.9. The van der Waals surface area contributed by atoms with Crippen molar-refractivity contribution in [2.75, 3.05) is 0 Å². The average Bonchev–Trinajstić information content (AvgIpc) is 1.37. The standard InChI is InChI=1S/C3H6O.Mg.2H/c1-2-3-4;;;/h3H,2H2,1H3;;;/q;+2;2*-1. The molecule has 0 fully saturated rings. The van der Waals surface area contributed by atoms with Gasteiger partial charge in [-0.2, -0.15) is 0 Å². The van der Waals surface area contributed by atoms with E-state index in [9.17, 15) is 4.79 Å². The van der Waals surface area contributed by atoms with Gasteiger partial charge in [0.25, 0.3) is 0 Å². The third-order valence-corrected chi connectivity index (χ3v) is 0.167. The molecule has 0 saturated carbocycles. The number of carbonyl (C=O) groups is 1. The topological polar surface area (TPSA) is 17.1 Å². The SMILES string of the molecule is CCC=O.[H-].[H-].[Mg+2]. The zero-order chi connectivity index (χ0) is 3.41. The molecule has 0 radical (unpaired) electrons. The van der Waals surface area contributed by atoms with E-state index in [-0.39, 0.29) is 25.9 Å². The van der Waals surface area contributed by atoms with Crippen LogP contribution in [0, 0.1) is 0 Å². The molecule has 0 aromatic carbocycles. The molecule has 0 aliphatic heterocycles. The monoisotopic (exact) mass is 84.0 g/mol. The maximum Gasteiger partial charge on any atom is 2.00 e. The van der Waals surface area contributed by atoms with Crippen LogP contribution in [0.15, 0.2) is 0 Å². The fraction of sp³-hybridized carbons (Fsp3) is 0.667. The number of carbonyl (C=O) groups excluding carboxylic acids is 1. The van der Waals surface area contributed by atoms with Gasteiger partial charge in [0.05, 0.1) is 0 Å². The van der Waals surface area contributed by atoms with E-state index in [2.05, 4.69) is 0 Å². The number of aldehydes is 1. The molecule has 0 aliphatic rings. The fourth-order valence-electron chi connectivity index (χ4n) is 0. The van der Waals surface area contributed by atoms with Crippen LogP contribution < -0.4 is 0 Å². The van der Waals surface area contributed by atoms with E-state index in [1.54, 1.807) is 0 Å². The van der Waals surface area contributed by atoms with Gasteiger partial charge >= 0.3 is 23.1 Å². The van der Waals surface area contributed by atoms with Crippen LogP contribution in [0.1, 0.15) is 16.2 Å². The molecule has 0 rings (SSSR count). The first-order valence-electron chi connectivity index (χ1n) is 1.35. The normalized spacial score (nSPS) is 5.00. The van der Waals surface area contributed by atoms with Gasteiger partial charge in [-0.3, -0.25) is 0 Å². The molecule has 0 amide bonds. The third-order valence-electron chi connectivity index (χ3n) is 0.167. The molecule has 0 saturated heterocycles. The molecule has 0 aromatic rings. The molecule has 0 aromatic heterocycles. The molecule has 0 spiro atoms. The Kier molecular flexibility index (Phi) is 16.0. The second kappa shape index (κ2) is 8.83. The van der Waals surface area contributed by atoms with Crippen LogP contribution in [0.2, 0.25) is 0 Å². The van der Waals surface area contributed by atoms with Crippen LogP contribution in [0.5, 0.6) is 0 Å². The Morgan fingerprint density at radius 2 is 2.20 bits per heavy atom. The number of hydrogen-bond donors (Lipinski definition) is 0. The van der Waals surface area contributed by atoms with Crippen molar-refractivity contribution in [1.82, 2.24) is 0 Å². The first-order valence-corrected chi connectivity index (χ1v) is 1.35. The minimum atomic E-state index is 0. The zero-order valence-electron chi connectivity index (χ0n) is 5.40. The van der Waals surface area contributed by atoms with E-state index in [0.717, 1.165) is 6.29 Å². The molecule has 2 heteroatoms. The van der Waals surface area contributed by atoms with E-state index in [0.29, 0.717) is 6.42 Å². The second-order valence-corrected chi connectivity index (χ2v) is 0.575. The summed E-state index contributed by atoms with van der Waals surface area (Å²) in [6.45, 7) is 1.81. The molecule has 28 valence electrons. The first kappa shape index (κ1) is 9.06. The van der Waals surface area contributed by atoms with Crippen molar-refractivity contribution < 1.29 is 7.65 Å². The predicted molar refractivity (Wildman–Crippen MR) is 24.3 cm³/mol. The van der Waals surface area contributed by atoms with Crippen molar-refractivity contribution >= 4 is 29.3 Å². The Morgan fingerprint density at radius 3 is 2.20 bits per heavy atom. The predicted octanol–water partition coefficient (Wildman–Crippen LogP) is 0.440. The van der Waals surface area contributed by atoms with Crippen molar-refractivity contribution in [3.8, 4) is 0 Å². The van der Waals surface area contributed by atoms with Crippen LogP contribution in [-0.4, -0.2) is 29.3 Å². The molecule has 5 heavy (non-hydrogen) atoms. The minimum Gasteiger partial charge on any atom is -1.00 e. The van der Waals surface area contributed by atoms with Crippen LogP contribution in [0.3, 0.4) is 0 Å². The summed E-state index contributed by atoms with van der Waals surface area (Å²) in [5.41, 5.74) is 0. The molecular formula is C3H8MgO. The van der Waals surface area contributed by atoms with Gasteiger partial charge in [-0.25, -0.2) is 0 Å². The molecule has 0 heterocycles. The van der Waals surface area contributed by atoms with Crippen LogP contribution in [-0.2, 0) is 4.79 Å². The van der Waals surface area contributed by atoms with Crippen LogP contribution in [0.25, 0.3) is 0 Å². The van der Waals surface area contributed by atoms with E-state index in [1.807, 2.05) is 6.92 Å². The molecule has 0 N–H and O–H groups in total. The van der Waals surface area contributed by atoms with Gasteiger partial charge in [-0.1, -0.05) is 6.92 Å². The van der Waals surface area contributed by atoms with Gasteiger partial charge in [0.1, 0.15) is 6.29 Å².